The first-order valence-corrected chi connectivity index (χ1v) is 6.78. The Morgan fingerprint density at radius 3 is 2.63 bits per heavy atom. The third-order valence-electron chi connectivity index (χ3n) is 3.55. The summed E-state index contributed by atoms with van der Waals surface area (Å²) in [6.07, 6.45) is 3.86. The first-order valence-electron chi connectivity index (χ1n) is 6.78. The monoisotopic (exact) mass is 266 g/mol. The van der Waals surface area contributed by atoms with E-state index in [0.29, 0.717) is 25.2 Å². The Labute approximate surface area is 113 Å². The van der Waals surface area contributed by atoms with E-state index in [1.54, 1.807) is 24.1 Å². The number of aryl methyl sites for hydroxylation is 1. The molecule has 0 saturated carbocycles. The van der Waals surface area contributed by atoms with Crippen molar-refractivity contribution in [2.45, 2.75) is 19.4 Å². The molecule has 0 radical (unpaired) electrons. The molecule has 106 valence electrons. The van der Waals surface area contributed by atoms with Crippen LogP contribution in [0.25, 0.3) is 0 Å². The van der Waals surface area contributed by atoms with Gasteiger partial charge in [-0.2, -0.15) is 5.10 Å². The topological polar surface area (TPSA) is 61.6 Å². The van der Waals surface area contributed by atoms with Gasteiger partial charge >= 0.3 is 0 Å². The van der Waals surface area contributed by atoms with Crippen LogP contribution < -0.4 is 0 Å². The highest BCUT2D eigenvalue weighted by molar-refractivity contribution is 5.93. The quantitative estimate of drug-likeness (QED) is 0.830. The number of rotatable bonds is 4. The van der Waals surface area contributed by atoms with Gasteiger partial charge < -0.3 is 10.0 Å². The van der Waals surface area contributed by atoms with Gasteiger partial charge in [0, 0.05) is 46.0 Å². The molecule has 1 saturated heterocycles. The molecular formula is C13H22N4O2. The smallest absolute Gasteiger partial charge is 0.257 e. The van der Waals surface area contributed by atoms with Crippen molar-refractivity contribution < 1.29 is 9.90 Å². The lowest BCUT2D eigenvalue weighted by Crippen LogP contribution is -2.50. The summed E-state index contributed by atoms with van der Waals surface area (Å²) in [6.45, 7) is 5.75. The molecule has 0 unspecified atom stereocenters. The largest absolute Gasteiger partial charge is 0.392 e. The summed E-state index contributed by atoms with van der Waals surface area (Å²) >= 11 is 0. The molecule has 0 bridgehead atoms. The summed E-state index contributed by atoms with van der Waals surface area (Å²) < 4.78 is 1.64. The summed E-state index contributed by atoms with van der Waals surface area (Å²) in [5.41, 5.74) is 0.643. The van der Waals surface area contributed by atoms with E-state index in [2.05, 4.69) is 10.00 Å². The van der Waals surface area contributed by atoms with Crippen LogP contribution in [0.2, 0.25) is 0 Å². The second-order valence-electron chi connectivity index (χ2n) is 5.06. The summed E-state index contributed by atoms with van der Waals surface area (Å²) in [4.78, 5) is 16.3. The van der Waals surface area contributed by atoms with Gasteiger partial charge in [-0.25, -0.2) is 0 Å². The molecule has 1 amide bonds. The van der Waals surface area contributed by atoms with Crippen LogP contribution in [0.15, 0.2) is 12.4 Å². The van der Waals surface area contributed by atoms with Crippen LogP contribution in [0.3, 0.4) is 0 Å². The summed E-state index contributed by atoms with van der Waals surface area (Å²) in [6, 6.07) is 0. The normalized spacial score (nSPS) is 18.6. The number of carbonyl (C=O) groups excluding carboxylic acids is 1. The highest BCUT2D eigenvalue weighted by Crippen LogP contribution is 2.09. The molecule has 6 nitrogen and oxygen atoms in total. The lowest BCUT2D eigenvalue weighted by molar-refractivity contribution is 0.0523. The van der Waals surface area contributed by atoms with Gasteiger partial charge in [-0.15, -0.1) is 0 Å². The lowest BCUT2D eigenvalue weighted by atomic mass is 10.2. The molecule has 1 atom stereocenters. The Kier molecular flexibility index (Phi) is 4.55. The number of carbonyl (C=O) groups is 1. The fourth-order valence-corrected chi connectivity index (χ4v) is 2.27. The number of aliphatic hydroxyl groups is 1. The molecular weight excluding hydrogens is 244 g/mol. The van der Waals surface area contributed by atoms with Crippen LogP contribution >= 0.6 is 0 Å². The Balaban J connectivity index is 1.84. The van der Waals surface area contributed by atoms with E-state index in [1.807, 2.05) is 11.8 Å². The van der Waals surface area contributed by atoms with Gasteiger partial charge in [0.1, 0.15) is 0 Å². The number of aromatic nitrogens is 2. The number of hydrogen-bond acceptors (Lipinski definition) is 4. The van der Waals surface area contributed by atoms with Crippen molar-refractivity contribution >= 4 is 5.91 Å². The maximum atomic E-state index is 12.2. The van der Waals surface area contributed by atoms with Crippen molar-refractivity contribution in [3.05, 3.63) is 18.0 Å². The second-order valence-corrected chi connectivity index (χ2v) is 5.06. The first-order chi connectivity index (χ1) is 9.10. The van der Waals surface area contributed by atoms with Crippen molar-refractivity contribution in [1.29, 1.82) is 0 Å². The van der Waals surface area contributed by atoms with E-state index >= 15 is 0 Å². The lowest BCUT2D eigenvalue weighted by Gasteiger charge is -2.35. The molecule has 19 heavy (non-hydrogen) atoms. The van der Waals surface area contributed by atoms with Crippen LogP contribution in [0, 0.1) is 0 Å². The van der Waals surface area contributed by atoms with E-state index in [9.17, 15) is 9.90 Å². The van der Waals surface area contributed by atoms with Gasteiger partial charge in [-0.3, -0.25) is 14.4 Å². The molecule has 1 aliphatic heterocycles. The van der Waals surface area contributed by atoms with Gasteiger partial charge in [-0.1, -0.05) is 6.92 Å². The average molecular weight is 266 g/mol. The molecule has 1 aromatic rings. The highest BCUT2D eigenvalue weighted by Gasteiger charge is 2.23. The zero-order chi connectivity index (χ0) is 13.8. The minimum absolute atomic E-state index is 0.0452. The van der Waals surface area contributed by atoms with Crippen LogP contribution in [0.4, 0.5) is 0 Å². The van der Waals surface area contributed by atoms with Crippen molar-refractivity contribution in [1.82, 2.24) is 19.6 Å². The van der Waals surface area contributed by atoms with Crippen LogP contribution in [-0.2, 0) is 7.05 Å². The predicted molar refractivity (Wildman–Crippen MR) is 71.8 cm³/mol. The Morgan fingerprint density at radius 1 is 1.42 bits per heavy atom. The molecule has 1 aliphatic rings. The molecule has 1 N–H and O–H groups in total. The third-order valence-corrected chi connectivity index (χ3v) is 3.55. The van der Waals surface area contributed by atoms with Crippen LogP contribution in [0.1, 0.15) is 23.7 Å². The maximum Gasteiger partial charge on any atom is 0.257 e. The van der Waals surface area contributed by atoms with Gasteiger partial charge in [-0.05, 0) is 6.42 Å². The van der Waals surface area contributed by atoms with E-state index < -0.39 is 0 Å². The molecule has 2 heterocycles. The second kappa shape index (κ2) is 6.16. The average Bonchev–Trinajstić information content (AvgIpc) is 2.85. The number of β-amino-alcohol motifs (C(OH)–C–C–N with tert-alkyl or cyclic N) is 1. The fraction of sp³-hybridized carbons (Fsp3) is 0.692. The summed E-state index contributed by atoms with van der Waals surface area (Å²) in [7, 11) is 1.81. The minimum Gasteiger partial charge on any atom is -0.392 e. The predicted octanol–water partition coefficient (Wildman–Crippen LogP) is -0.0512. The molecule has 1 fully saturated rings. The molecule has 2 rings (SSSR count). The minimum atomic E-state index is -0.263. The summed E-state index contributed by atoms with van der Waals surface area (Å²) in [5.74, 6) is 0.0452. The molecule has 1 aromatic heterocycles. The van der Waals surface area contributed by atoms with Gasteiger partial charge in [0.25, 0.3) is 5.91 Å². The number of aliphatic hydroxyl groups excluding tert-OH is 1. The zero-order valence-electron chi connectivity index (χ0n) is 11.6. The van der Waals surface area contributed by atoms with Crippen LogP contribution in [-0.4, -0.2) is 69.4 Å². The number of amides is 1. The van der Waals surface area contributed by atoms with Gasteiger partial charge in [0.05, 0.1) is 17.9 Å². The standard InChI is InChI=1S/C13H22N4O2/c1-3-12(18)10-16-4-6-17(7-5-16)13(19)11-8-14-15(2)9-11/h8-9,12,18H,3-7,10H2,1-2H3/t12-/m1/s1. The third kappa shape index (κ3) is 3.54. The fourth-order valence-electron chi connectivity index (χ4n) is 2.27. The Hall–Kier alpha value is -1.40. The SMILES string of the molecule is CC[C@@H](O)CN1CCN(C(=O)c2cnn(C)c2)CC1. The van der Waals surface area contributed by atoms with E-state index in [-0.39, 0.29) is 12.0 Å². The Bertz CT molecular complexity index is 424. The molecule has 6 heteroatoms. The van der Waals surface area contributed by atoms with Gasteiger partial charge in [0.15, 0.2) is 0 Å². The number of hydrogen-bond donors (Lipinski definition) is 1. The summed E-state index contributed by atoms with van der Waals surface area (Å²) in [5, 5.41) is 13.7. The Morgan fingerprint density at radius 2 is 2.11 bits per heavy atom. The number of piperazine rings is 1. The number of nitrogens with zero attached hydrogens (tertiary/aromatic N) is 4. The van der Waals surface area contributed by atoms with E-state index in [1.165, 1.54) is 0 Å². The maximum absolute atomic E-state index is 12.2. The van der Waals surface area contributed by atoms with Crippen LogP contribution in [0.5, 0.6) is 0 Å². The highest BCUT2D eigenvalue weighted by atomic mass is 16.3. The van der Waals surface area contributed by atoms with E-state index in [4.69, 9.17) is 0 Å². The molecule has 0 spiro atoms. The van der Waals surface area contributed by atoms with Crippen molar-refractivity contribution in [2.24, 2.45) is 7.05 Å². The van der Waals surface area contributed by atoms with Crippen molar-refractivity contribution in [3.63, 3.8) is 0 Å². The van der Waals surface area contributed by atoms with E-state index in [0.717, 1.165) is 19.5 Å². The first kappa shape index (κ1) is 14.0. The van der Waals surface area contributed by atoms with Gasteiger partial charge in [0.2, 0.25) is 0 Å². The zero-order valence-corrected chi connectivity index (χ0v) is 11.6. The molecule has 0 aromatic carbocycles. The van der Waals surface area contributed by atoms with Crippen molar-refractivity contribution in [2.75, 3.05) is 32.7 Å². The van der Waals surface area contributed by atoms with Crippen molar-refractivity contribution in [3.8, 4) is 0 Å². The molecule has 0 aliphatic carbocycles.